The summed E-state index contributed by atoms with van der Waals surface area (Å²) in [6.45, 7) is 1.28. The van der Waals surface area contributed by atoms with Gasteiger partial charge in [0, 0.05) is 13.1 Å². The second-order valence-corrected chi connectivity index (χ2v) is 3.23. The molecular formula is C7H14BN2O2P. The van der Waals surface area contributed by atoms with Gasteiger partial charge in [-0.15, -0.1) is 0 Å². The highest BCUT2D eigenvalue weighted by Gasteiger charge is 2.11. The van der Waals surface area contributed by atoms with E-state index in [1.807, 2.05) is 9.24 Å². The van der Waals surface area contributed by atoms with Gasteiger partial charge in [-0.05, 0) is 13.4 Å². The Bertz CT molecular complexity index is 189. The molecular weight excluding hydrogens is 186 g/mol. The molecule has 2 radical (unpaired) electrons. The van der Waals surface area contributed by atoms with E-state index in [1.54, 1.807) is 7.05 Å². The Kier molecular flexibility index (Phi) is 6.82. The second kappa shape index (κ2) is 7.04. The van der Waals surface area contributed by atoms with Crippen LogP contribution in [0.5, 0.6) is 0 Å². The fraction of sp³-hybridized carbons (Fsp3) is 0.714. The number of carbonyl (C=O) groups excluding carboxylic acids is 2. The highest BCUT2D eigenvalue weighted by molar-refractivity contribution is 7.40. The average molecular weight is 200 g/mol. The molecule has 0 aromatic heterocycles. The maximum Gasteiger partial charge on any atom is 0.214 e. The summed E-state index contributed by atoms with van der Waals surface area (Å²) in [6.07, 6.45) is -0.0539. The molecule has 0 saturated heterocycles. The Morgan fingerprint density at radius 1 is 1.54 bits per heavy atom. The summed E-state index contributed by atoms with van der Waals surface area (Å²) in [5.74, 6) is -0.203. The van der Waals surface area contributed by atoms with Gasteiger partial charge in [-0.1, -0.05) is 9.24 Å². The Labute approximate surface area is 82.0 Å². The van der Waals surface area contributed by atoms with E-state index in [4.69, 9.17) is 7.85 Å². The van der Waals surface area contributed by atoms with Gasteiger partial charge in [0.25, 0.3) is 0 Å². The van der Waals surface area contributed by atoms with Gasteiger partial charge in [0.2, 0.25) is 5.91 Å². The smallest absolute Gasteiger partial charge is 0.214 e. The number of nitrogens with one attached hydrogen (secondary N) is 1. The van der Waals surface area contributed by atoms with E-state index in [1.165, 1.54) is 4.90 Å². The third kappa shape index (κ3) is 5.78. The van der Waals surface area contributed by atoms with E-state index < -0.39 is 0 Å². The molecule has 0 aliphatic rings. The van der Waals surface area contributed by atoms with E-state index in [9.17, 15) is 9.59 Å². The van der Waals surface area contributed by atoms with E-state index in [0.29, 0.717) is 13.1 Å². The van der Waals surface area contributed by atoms with Gasteiger partial charge in [-0.2, -0.15) is 0 Å². The van der Waals surface area contributed by atoms with E-state index in [0.717, 1.165) is 0 Å². The van der Waals surface area contributed by atoms with Gasteiger partial charge < -0.3 is 10.2 Å². The lowest BCUT2D eigenvalue weighted by Gasteiger charge is -2.20. The van der Waals surface area contributed by atoms with Crippen molar-refractivity contribution in [1.82, 2.24) is 10.2 Å². The van der Waals surface area contributed by atoms with Crippen molar-refractivity contribution in [3.63, 3.8) is 0 Å². The van der Waals surface area contributed by atoms with Gasteiger partial charge in [-0.3, -0.25) is 9.59 Å². The van der Waals surface area contributed by atoms with Crippen LogP contribution in [-0.4, -0.2) is 50.9 Å². The number of hydrogen-bond acceptors (Lipinski definition) is 3. The fourth-order valence-corrected chi connectivity index (χ4v) is 1.08. The molecule has 6 heteroatoms. The summed E-state index contributed by atoms with van der Waals surface area (Å²) in [4.78, 5) is 23.3. The molecule has 0 rings (SSSR count). The van der Waals surface area contributed by atoms with Crippen molar-refractivity contribution < 1.29 is 9.59 Å². The van der Waals surface area contributed by atoms with Crippen LogP contribution in [0, 0.1) is 0 Å². The summed E-state index contributed by atoms with van der Waals surface area (Å²) in [5, 5.41) is 2.90. The van der Waals surface area contributed by atoms with Gasteiger partial charge in [0.15, 0.2) is 5.52 Å². The first-order chi connectivity index (χ1) is 6.11. The lowest BCUT2D eigenvalue weighted by Crippen LogP contribution is -2.38. The number of amides is 1. The zero-order valence-electron chi connectivity index (χ0n) is 7.75. The topological polar surface area (TPSA) is 49.4 Å². The zero-order valence-corrected chi connectivity index (χ0v) is 8.90. The highest BCUT2D eigenvalue weighted by atomic mass is 31.0. The highest BCUT2D eigenvalue weighted by Crippen LogP contribution is 1.96. The Morgan fingerprint density at radius 3 is 2.54 bits per heavy atom. The van der Waals surface area contributed by atoms with Crippen LogP contribution in [0.2, 0.25) is 6.32 Å². The van der Waals surface area contributed by atoms with Crippen molar-refractivity contribution in [2.24, 2.45) is 0 Å². The predicted octanol–water partition coefficient (Wildman–Crippen LogP) is -0.977. The molecule has 0 heterocycles. The summed E-state index contributed by atoms with van der Waals surface area (Å²) in [6, 6.07) is 0. The van der Waals surface area contributed by atoms with Gasteiger partial charge >= 0.3 is 0 Å². The Hall–Kier alpha value is -0.405. The average Bonchev–Trinajstić information content (AvgIpc) is 2.10. The molecule has 72 valence electrons. The minimum atomic E-state index is -0.203. The first kappa shape index (κ1) is 12.6. The molecule has 13 heavy (non-hydrogen) atoms. The van der Waals surface area contributed by atoms with Crippen LogP contribution in [0.4, 0.5) is 0 Å². The Balaban J connectivity index is 4.02. The van der Waals surface area contributed by atoms with Crippen molar-refractivity contribution in [2.45, 2.75) is 6.32 Å². The van der Waals surface area contributed by atoms with Crippen LogP contribution >= 0.6 is 9.24 Å². The molecule has 0 aromatic carbocycles. The summed E-state index contributed by atoms with van der Waals surface area (Å²) < 4.78 is 0. The van der Waals surface area contributed by atoms with Crippen LogP contribution in [0.15, 0.2) is 0 Å². The number of hydrogen-bond donors (Lipinski definition) is 1. The van der Waals surface area contributed by atoms with Crippen molar-refractivity contribution >= 4 is 28.5 Å². The summed E-state index contributed by atoms with van der Waals surface area (Å²) >= 11 is 0. The number of carbonyl (C=O) groups is 2. The van der Waals surface area contributed by atoms with E-state index in [2.05, 4.69) is 5.32 Å². The molecule has 0 aromatic rings. The van der Waals surface area contributed by atoms with Gasteiger partial charge in [0.05, 0.1) is 14.4 Å². The molecule has 0 fully saturated rings. The monoisotopic (exact) mass is 200 g/mol. The first-order valence-corrected chi connectivity index (χ1v) is 4.60. The third-order valence-corrected chi connectivity index (χ3v) is 1.69. The lowest BCUT2D eigenvalue weighted by molar-refractivity contribution is -0.131. The van der Waals surface area contributed by atoms with Crippen molar-refractivity contribution in [3.8, 4) is 0 Å². The number of rotatable bonds is 6. The minimum Gasteiger partial charge on any atom is -0.334 e. The molecule has 4 nitrogen and oxygen atoms in total. The van der Waals surface area contributed by atoms with Crippen LogP contribution < -0.4 is 5.32 Å². The standard InChI is InChI=1S/C7H14BN2O2P/c1-9-2-3-10(5-7(12)13)6(11)4-8/h9H,2-5,13H2,1H3. The largest absolute Gasteiger partial charge is 0.334 e. The normalized spacial score (nSPS) is 9.69. The first-order valence-electron chi connectivity index (χ1n) is 4.02. The molecule has 0 spiro atoms. The molecule has 0 saturated carbocycles. The lowest BCUT2D eigenvalue weighted by atomic mass is 10.0. The SMILES string of the molecule is [B]CC(=O)N(CCNC)CC(=O)P. The third-order valence-electron chi connectivity index (χ3n) is 1.51. The minimum absolute atomic E-state index is 0.0539. The van der Waals surface area contributed by atoms with E-state index >= 15 is 0 Å². The van der Waals surface area contributed by atoms with Crippen LogP contribution in [0.25, 0.3) is 0 Å². The van der Waals surface area contributed by atoms with Crippen molar-refractivity contribution in [2.75, 3.05) is 26.7 Å². The summed E-state index contributed by atoms with van der Waals surface area (Å²) in [5.41, 5.74) is -0.113. The second-order valence-electron chi connectivity index (χ2n) is 2.59. The van der Waals surface area contributed by atoms with Gasteiger partial charge in [-0.25, -0.2) is 0 Å². The Morgan fingerprint density at radius 2 is 2.15 bits per heavy atom. The number of nitrogens with zero attached hydrogens (tertiary/aromatic N) is 1. The van der Waals surface area contributed by atoms with E-state index in [-0.39, 0.29) is 24.3 Å². The zero-order chi connectivity index (χ0) is 10.3. The molecule has 1 N–H and O–H groups in total. The van der Waals surface area contributed by atoms with Crippen molar-refractivity contribution in [1.29, 1.82) is 0 Å². The maximum absolute atomic E-state index is 11.2. The molecule has 0 bridgehead atoms. The quantitative estimate of drug-likeness (QED) is 0.443. The summed E-state index contributed by atoms with van der Waals surface area (Å²) in [7, 11) is 9.02. The molecule has 1 atom stereocenters. The van der Waals surface area contributed by atoms with Crippen LogP contribution in [0.1, 0.15) is 0 Å². The number of likely N-dealkylation sites (N-methyl/N-ethyl adjacent to an activating group) is 1. The molecule has 1 unspecified atom stereocenters. The maximum atomic E-state index is 11.2. The van der Waals surface area contributed by atoms with Crippen LogP contribution in [-0.2, 0) is 9.59 Å². The molecule has 0 aliphatic heterocycles. The van der Waals surface area contributed by atoms with Gasteiger partial charge in [0.1, 0.15) is 0 Å². The molecule has 0 aliphatic carbocycles. The van der Waals surface area contributed by atoms with Crippen molar-refractivity contribution in [3.05, 3.63) is 0 Å². The predicted molar refractivity (Wildman–Crippen MR) is 55.8 cm³/mol. The van der Waals surface area contributed by atoms with Crippen LogP contribution in [0.3, 0.4) is 0 Å². The molecule has 1 amide bonds. The fourth-order valence-electron chi connectivity index (χ4n) is 0.856.